The number of halogens is 1. The molecular weight excluding hydrogens is 665 g/mol. The molecule has 8 nitrogen and oxygen atoms in total. The van der Waals surface area contributed by atoms with Crippen LogP contribution < -0.4 is 20.2 Å². The van der Waals surface area contributed by atoms with Crippen LogP contribution in [0.5, 0.6) is 0 Å². The number of unbranched alkanes of at least 4 members (excludes halogenated alkanes) is 1. The van der Waals surface area contributed by atoms with Crippen LogP contribution in [0.1, 0.15) is 32.3 Å². The second-order valence-corrected chi connectivity index (χ2v) is 12.9. The van der Waals surface area contributed by atoms with E-state index in [0.717, 1.165) is 56.4 Å². The molecule has 1 aromatic carbocycles. The van der Waals surface area contributed by atoms with E-state index in [1.165, 1.54) is 9.47 Å². The zero-order valence-electron chi connectivity index (χ0n) is 19.9. The van der Waals surface area contributed by atoms with Crippen LogP contribution in [0.15, 0.2) is 33.9 Å². The molecule has 1 N–H and O–H groups in total. The maximum absolute atomic E-state index is 13.4. The van der Waals surface area contributed by atoms with Gasteiger partial charge in [0, 0.05) is 16.7 Å². The summed E-state index contributed by atoms with van der Waals surface area (Å²) in [6.45, 7) is 4.14. The molecule has 4 rings (SSSR count). The van der Waals surface area contributed by atoms with Crippen molar-refractivity contribution in [1.82, 2.24) is 14.0 Å². The van der Waals surface area contributed by atoms with Crippen molar-refractivity contribution in [2.24, 2.45) is 0 Å². The number of thioether (sulfide) groups is 1. The number of rotatable bonds is 7. The fourth-order valence-corrected chi connectivity index (χ4v) is 7.86. The van der Waals surface area contributed by atoms with Gasteiger partial charge in [-0.15, -0.1) is 11.3 Å². The minimum atomic E-state index is -1.16. The van der Waals surface area contributed by atoms with E-state index in [1.807, 2.05) is 42.7 Å². The SMILES string of the molecule is CCCCn1/c(=c2\sc(=Cc3ccc(I)cc3)c(=O)n2CC(=O)O)sc(=O)/c1=C1\SC(=S)C(=O)N1CC. The van der Waals surface area contributed by atoms with Gasteiger partial charge in [-0.3, -0.25) is 28.6 Å². The molecule has 0 spiro atoms. The molecule has 1 amide bonds. The van der Waals surface area contributed by atoms with Crippen molar-refractivity contribution < 1.29 is 14.7 Å². The number of thiazole rings is 2. The lowest BCUT2D eigenvalue weighted by atomic mass is 10.2. The summed E-state index contributed by atoms with van der Waals surface area (Å²) in [5.41, 5.74) is 0.381. The highest BCUT2D eigenvalue weighted by atomic mass is 127. The van der Waals surface area contributed by atoms with Crippen LogP contribution in [0.25, 0.3) is 11.1 Å². The number of amides is 1. The Labute approximate surface area is 242 Å². The van der Waals surface area contributed by atoms with Gasteiger partial charge in [-0.05, 0) is 59.7 Å². The zero-order valence-corrected chi connectivity index (χ0v) is 25.3. The topological polar surface area (TPSA) is 102 Å². The third-order valence-electron chi connectivity index (χ3n) is 5.56. The third kappa shape index (κ3) is 5.70. The fourth-order valence-electron chi connectivity index (χ4n) is 3.81. The molecule has 0 atom stereocenters. The Morgan fingerprint density at radius 2 is 1.76 bits per heavy atom. The number of carbonyl (C=O) groups excluding carboxylic acids is 1. The number of hydrogen-bond acceptors (Lipinski definition) is 8. The first-order valence-electron chi connectivity index (χ1n) is 11.4. The Kier molecular flexibility index (Phi) is 8.89. The number of carboxylic acids is 1. The van der Waals surface area contributed by atoms with Crippen molar-refractivity contribution in [2.75, 3.05) is 6.54 Å². The zero-order chi connectivity index (χ0) is 26.9. The molecule has 3 heterocycles. The van der Waals surface area contributed by atoms with Gasteiger partial charge < -0.3 is 9.67 Å². The number of carboxylic acid groups (broad SMARTS) is 1. The standard InChI is InChI=1S/C24H22IN3O5S4/c1-3-5-10-27-17(20-26(4-2)19(32)24(34)37-20)23(33)36-21(27)22-28(12-16(29)30)18(31)15(35-22)11-13-6-8-14(25)9-7-13/h6-9,11H,3-5,10,12H2,1-2H3,(H,29,30)/b15-11?,20-17+,22-21+. The first-order valence-corrected chi connectivity index (χ1v) is 15.3. The van der Waals surface area contributed by atoms with Crippen molar-refractivity contribution >= 4 is 96.4 Å². The number of benzene rings is 1. The van der Waals surface area contributed by atoms with Crippen LogP contribution in [0.3, 0.4) is 0 Å². The lowest BCUT2D eigenvalue weighted by Crippen LogP contribution is -2.36. The van der Waals surface area contributed by atoms with Crippen LogP contribution in [0.4, 0.5) is 0 Å². The van der Waals surface area contributed by atoms with Crippen LogP contribution in [-0.4, -0.2) is 41.8 Å². The molecule has 3 aromatic rings. The van der Waals surface area contributed by atoms with Crippen LogP contribution in [0, 0.1) is 12.9 Å². The Morgan fingerprint density at radius 1 is 1.08 bits per heavy atom. The minimum absolute atomic E-state index is 0.180. The predicted molar refractivity (Wildman–Crippen MR) is 160 cm³/mol. The molecule has 1 aliphatic rings. The van der Waals surface area contributed by atoms with E-state index in [2.05, 4.69) is 22.6 Å². The lowest BCUT2D eigenvalue weighted by Gasteiger charge is -2.13. The Morgan fingerprint density at radius 3 is 2.38 bits per heavy atom. The molecule has 0 unspecified atom stereocenters. The van der Waals surface area contributed by atoms with E-state index >= 15 is 0 Å². The summed E-state index contributed by atoms with van der Waals surface area (Å²) in [5.74, 6) is -1.46. The molecule has 37 heavy (non-hydrogen) atoms. The summed E-state index contributed by atoms with van der Waals surface area (Å²) < 4.78 is 5.26. The normalized spacial score (nSPS) is 16.7. The molecule has 2 aromatic heterocycles. The van der Waals surface area contributed by atoms with Gasteiger partial charge in [-0.2, -0.15) is 0 Å². The number of nitrogens with zero attached hydrogens (tertiary/aromatic N) is 3. The van der Waals surface area contributed by atoms with E-state index in [1.54, 1.807) is 6.08 Å². The molecule has 1 fully saturated rings. The van der Waals surface area contributed by atoms with E-state index < -0.39 is 18.1 Å². The minimum Gasteiger partial charge on any atom is -0.480 e. The van der Waals surface area contributed by atoms with Gasteiger partial charge in [-0.25, -0.2) is 0 Å². The maximum Gasteiger partial charge on any atom is 0.323 e. The molecule has 1 saturated heterocycles. The Balaban J connectivity index is 2.16. The molecule has 13 heteroatoms. The highest BCUT2D eigenvalue weighted by Crippen LogP contribution is 2.31. The summed E-state index contributed by atoms with van der Waals surface area (Å²) in [6, 6.07) is 7.62. The van der Waals surface area contributed by atoms with Crippen molar-refractivity contribution in [2.45, 2.75) is 39.8 Å². The monoisotopic (exact) mass is 687 g/mol. The fraction of sp³-hybridized carbons (Fsp3) is 0.292. The van der Waals surface area contributed by atoms with Crippen molar-refractivity contribution in [3.63, 3.8) is 0 Å². The van der Waals surface area contributed by atoms with Crippen molar-refractivity contribution in [1.29, 1.82) is 0 Å². The second kappa shape index (κ2) is 11.8. The van der Waals surface area contributed by atoms with Crippen LogP contribution in [0.2, 0.25) is 0 Å². The van der Waals surface area contributed by atoms with E-state index in [-0.39, 0.29) is 14.8 Å². The molecule has 0 bridgehead atoms. The average molecular weight is 688 g/mol. The van der Waals surface area contributed by atoms with Gasteiger partial charge in [0.05, 0.1) is 4.53 Å². The van der Waals surface area contributed by atoms with Gasteiger partial charge in [-0.1, -0.05) is 60.8 Å². The number of thiocarbonyl (C=S) groups is 1. The lowest BCUT2D eigenvalue weighted by molar-refractivity contribution is -0.137. The van der Waals surface area contributed by atoms with Gasteiger partial charge in [0.1, 0.15) is 30.4 Å². The largest absolute Gasteiger partial charge is 0.480 e. The van der Waals surface area contributed by atoms with Gasteiger partial charge in [0.25, 0.3) is 16.2 Å². The molecule has 0 saturated carbocycles. The van der Waals surface area contributed by atoms with E-state index in [4.69, 9.17) is 12.2 Å². The molecular formula is C24H22IN3O5S4. The highest BCUT2D eigenvalue weighted by Gasteiger charge is 2.33. The Hall–Kier alpha value is -2.07. The first kappa shape index (κ1) is 28.0. The highest BCUT2D eigenvalue weighted by molar-refractivity contribution is 14.1. The van der Waals surface area contributed by atoms with Gasteiger partial charge in [0.15, 0.2) is 0 Å². The number of aliphatic carboxylic acids is 1. The number of carbonyl (C=O) groups is 2. The van der Waals surface area contributed by atoms with E-state index in [0.29, 0.717) is 37.3 Å². The van der Waals surface area contributed by atoms with Gasteiger partial charge in [0.2, 0.25) is 0 Å². The van der Waals surface area contributed by atoms with Crippen molar-refractivity contribution in [3.8, 4) is 0 Å². The average Bonchev–Trinajstić information content (AvgIpc) is 3.44. The second-order valence-electron chi connectivity index (χ2n) is 8.04. The van der Waals surface area contributed by atoms with Gasteiger partial charge >= 0.3 is 5.97 Å². The first-order chi connectivity index (χ1) is 17.7. The Bertz CT molecular complexity index is 1730. The smallest absolute Gasteiger partial charge is 0.323 e. The third-order valence-corrected chi connectivity index (χ3v) is 9.90. The van der Waals surface area contributed by atoms with Crippen molar-refractivity contribution in [3.05, 3.63) is 72.5 Å². The summed E-state index contributed by atoms with van der Waals surface area (Å²) >= 11 is 10.6. The predicted octanol–water partition coefficient (Wildman–Crippen LogP) is 2.73. The summed E-state index contributed by atoms with van der Waals surface area (Å²) in [4.78, 5) is 52.5. The van der Waals surface area contributed by atoms with Crippen LogP contribution in [-0.2, 0) is 22.7 Å². The molecule has 0 aliphatic carbocycles. The molecule has 0 radical (unpaired) electrons. The molecule has 1 aliphatic heterocycles. The summed E-state index contributed by atoms with van der Waals surface area (Å²) in [6.07, 6.45) is 3.33. The number of aromatic nitrogens is 2. The molecule has 194 valence electrons. The van der Waals surface area contributed by atoms with E-state index in [9.17, 15) is 24.3 Å². The summed E-state index contributed by atoms with van der Waals surface area (Å²) in [7, 11) is 0. The number of hydrogen-bond donors (Lipinski definition) is 1. The maximum atomic E-state index is 13.4. The quantitative estimate of drug-likeness (QED) is 0.301. The summed E-state index contributed by atoms with van der Waals surface area (Å²) in [5, 5.41) is 10.4. The van der Waals surface area contributed by atoms with Crippen LogP contribution >= 0.6 is 69.2 Å².